The predicted octanol–water partition coefficient (Wildman–Crippen LogP) is 2.08. The molecule has 1 aliphatic heterocycles. The van der Waals surface area contributed by atoms with E-state index in [2.05, 4.69) is 5.32 Å². The van der Waals surface area contributed by atoms with Crippen LogP contribution in [0.4, 0.5) is 10.5 Å². The summed E-state index contributed by atoms with van der Waals surface area (Å²) in [5.41, 5.74) is 1.52. The van der Waals surface area contributed by atoms with Crippen molar-refractivity contribution in [3.05, 3.63) is 23.8 Å². The Morgan fingerprint density at radius 3 is 2.80 bits per heavy atom. The van der Waals surface area contributed by atoms with Crippen molar-refractivity contribution < 1.29 is 19.4 Å². The minimum absolute atomic E-state index is 0.372. The van der Waals surface area contributed by atoms with Crippen LogP contribution in [0.25, 0.3) is 0 Å². The van der Waals surface area contributed by atoms with Crippen LogP contribution in [0.3, 0.4) is 0 Å². The second-order valence-electron chi connectivity index (χ2n) is 4.80. The molecule has 0 aromatic heterocycles. The Bertz CT molecular complexity index is 530. The second kappa shape index (κ2) is 5.81. The molecule has 6 heteroatoms. The van der Waals surface area contributed by atoms with Crippen LogP contribution in [0, 0.1) is 6.92 Å². The van der Waals surface area contributed by atoms with E-state index in [9.17, 15) is 9.59 Å². The number of rotatable bonds is 3. The normalized spacial score (nSPS) is 17.9. The number of amides is 2. The number of benzene rings is 1. The van der Waals surface area contributed by atoms with Crippen LogP contribution < -0.4 is 10.1 Å². The topological polar surface area (TPSA) is 78.9 Å². The maximum absolute atomic E-state index is 12.2. The number of hydrogen-bond donors (Lipinski definition) is 2. The maximum atomic E-state index is 12.2. The van der Waals surface area contributed by atoms with Crippen molar-refractivity contribution >= 4 is 17.7 Å². The highest BCUT2D eigenvalue weighted by molar-refractivity contribution is 5.93. The predicted molar refractivity (Wildman–Crippen MR) is 74.1 cm³/mol. The number of hydrogen-bond acceptors (Lipinski definition) is 3. The Balaban J connectivity index is 2.10. The minimum atomic E-state index is -0.955. The lowest BCUT2D eigenvalue weighted by Crippen LogP contribution is -2.42. The summed E-state index contributed by atoms with van der Waals surface area (Å²) in [5, 5.41) is 11.8. The first kappa shape index (κ1) is 14.2. The van der Waals surface area contributed by atoms with E-state index in [4.69, 9.17) is 9.84 Å². The van der Waals surface area contributed by atoms with Crippen LogP contribution in [0.2, 0.25) is 0 Å². The van der Waals surface area contributed by atoms with Crippen molar-refractivity contribution in [3.63, 3.8) is 0 Å². The third kappa shape index (κ3) is 2.84. The molecular formula is C14H18N2O4. The first-order valence-electron chi connectivity index (χ1n) is 6.48. The smallest absolute Gasteiger partial charge is 0.326 e. The highest BCUT2D eigenvalue weighted by Gasteiger charge is 2.34. The fourth-order valence-corrected chi connectivity index (χ4v) is 2.36. The quantitative estimate of drug-likeness (QED) is 0.887. The van der Waals surface area contributed by atoms with Crippen molar-refractivity contribution in [2.75, 3.05) is 19.0 Å². The summed E-state index contributed by atoms with van der Waals surface area (Å²) in [5.74, 6) is -0.241. The lowest BCUT2D eigenvalue weighted by atomic mass is 10.2. The molecule has 1 fully saturated rings. The average Bonchev–Trinajstić information content (AvgIpc) is 2.90. The Kier molecular flexibility index (Phi) is 4.12. The number of anilines is 1. The Labute approximate surface area is 117 Å². The van der Waals surface area contributed by atoms with Gasteiger partial charge in [-0.15, -0.1) is 0 Å². The molecule has 20 heavy (non-hydrogen) atoms. The van der Waals surface area contributed by atoms with E-state index in [1.165, 1.54) is 4.90 Å². The molecule has 0 saturated carbocycles. The largest absolute Gasteiger partial charge is 0.497 e. The third-order valence-electron chi connectivity index (χ3n) is 3.47. The molecular weight excluding hydrogens is 260 g/mol. The molecule has 2 N–H and O–H groups in total. The standard InChI is InChI=1S/C14H18N2O4/c1-9-8-10(20-2)5-6-11(9)15-14(19)16-7-3-4-12(16)13(17)18/h5-6,8,12H,3-4,7H2,1-2H3,(H,15,19)(H,17,18)/t12-/m1/s1. The fourth-order valence-electron chi connectivity index (χ4n) is 2.36. The molecule has 2 rings (SSSR count). The van der Waals surface area contributed by atoms with Crippen LogP contribution in [0.15, 0.2) is 18.2 Å². The summed E-state index contributed by atoms with van der Waals surface area (Å²) in [4.78, 5) is 24.6. The van der Waals surface area contributed by atoms with Gasteiger partial charge >= 0.3 is 12.0 Å². The van der Waals surface area contributed by atoms with E-state index in [0.717, 1.165) is 5.56 Å². The molecule has 1 heterocycles. The van der Waals surface area contributed by atoms with E-state index in [1.807, 2.05) is 13.0 Å². The van der Waals surface area contributed by atoms with Gasteiger partial charge in [-0.25, -0.2) is 9.59 Å². The van der Waals surface area contributed by atoms with E-state index < -0.39 is 12.0 Å². The van der Waals surface area contributed by atoms with Crippen LogP contribution in [-0.2, 0) is 4.79 Å². The molecule has 0 spiro atoms. The van der Waals surface area contributed by atoms with Gasteiger partial charge in [0, 0.05) is 12.2 Å². The van der Waals surface area contributed by atoms with Crippen LogP contribution >= 0.6 is 0 Å². The number of aryl methyl sites for hydroxylation is 1. The van der Waals surface area contributed by atoms with E-state index in [-0.39, 0.29) is 6.03 Å². The molecule has 0 unspecified atom stereocenters. The zero-order valence-electron chi connectivity index (χ0n) is 11.5. The SMILES string of the molecule is COc1ccc(NC(=O)N2CCC[C@@H]2C(=O)O)c(C)c1. The average molecular weight is 278 g/mol. The highest BCUT2D eigenvalue weighted by atomic mass is 16.5. The van der Waals surface area contributed by atoms with Gasteiger partial charge in [0.1, 0.15) is 11.8 Å². The molecule has 0 aliphatic carbocycles. The maximum Gasteiger partial charge on any atom is 0.326 e. The van der Waals surface area contributed by atoms with Crippen molar-refractivity contribution in [1.29, 1.82) is 0 Å². The number of carboxylic acid groups (broad SMARTS) is 1. The summed E-state index contributed by atoms with van der Waals surface area (Å²) in [6, 6.07) is 4.21. The lowest BCUT2D eigenvalue weighted by Gasteiger charge is -2.22. The van der Waals surface area contributed by atoms with Gasteiger partial charge in [-0.3, -0.25) is 0 Å². The molecule has 2 amide bonds. The molecule has 108 valence electrons. The number of nitrogens with one attached hydrogen (secondary N) is 1. The monoisotopic (exact) mass is 278 g/mol. The number of carbonyl (C=O) groups excluding carboxylic acids is 1. The molecule has 1 saturated heterocycles. The summed E-state index contributed by atoms with van der Waals surface area (Å²) in [7, 11) is 1.58. The summed E-state index contributed by atoms with van der Waals surface area (Å²) < 4.78 is 5.10. The number of ether oxygens (including phenoxy) is 1. The van der Waals surface area contributed by atoms with Crippen LogP contribution in [-0.4, -0.2) is 41.7 Å². The van der Waals surface area contributed by atoms with E-state index >= 15 is 0 Å². The van der Waals surface area contributed by atoms with Gasteiger partial charge in [0.2, 0.25) is 0 Å². The molecule has 0 radical (unpaired) electrons. The second-order valence-corrected chi connectivity index (χ2v) is 4.80. The van der Waals surface area contributed by atoms with Crippen molar-refractivity contribution in [3.8, 4) is 5.75 Å². The van der Waals surface area contributed by atoms with Gasteiger partial charge in [-0.05, 0) is 43.5 Å². The molecule has 1 aromatic carbocycles. The van der Waals surface area contributed by atoms with Gasteiger partial charge in [0.15, 0.2) is 0 Å². The molecule has 6 nitrogen and oxygen atoms in total. The fraction of sp³-hybridized carbons (Fsp3) is 0.429. The molecule has 1 atom stereocenters. The van der Waals surface area contributed by atoms with E-state index in [1.54, 1.807) is 19.2 Å². The Morgan fingerprint density at radius 1 is 1.45 bits per heavy atom. The summed E-state index contributed by atoms with van der Waals surface area (Å²) >= 11 is 0. The number of carboxylic acids is 1. The van der Waals surface area contributed by atoms with Gasteiger partial charge in [-0.1, -0.05) is 0 Å². The highest BCUT2D eigenvalue weighted by Crippen LogP contribution is 2.23. The Hall–Kier alpha value is -2.24. The Morgan fingerprint density at radius 2 is 2.20 bits per heavy atom. The van der Waals surface area contributed by atoms with Gasteiger partial charge < -0.3 is 20.1 Å². The number of carbonyl (C=O) groups is 2. The van der Waals surface area contributed by atoms with Crippen molar-refractivity contribution in [2.24, 2.45) is 0 Å². The zero-order chi connectivity index (χ0) is 14.7. The van der Waals surface area contributed by atoms with Gasteiger partial charge in [0.25, 0.3) is 0 Å². The number of methoxy groups -OCH3 is 1. The van der Waals surface area contributed by atoms with Crippen LogP contribution in [0.5, 0.6) is 5.75 Å². The number of likely N-dealkylation sites (tertiary alicyclic amines) is 1. The first-order chi connectivity index (χ1) is 9.52. The number of nitrogens with zero attached hydrogens (tertiary/aromatic N) is 1. The van der Waals surface area contributed by atoms with Crippen molar-refractivity contribution in [2.45, 2.75) is 25.8 Å². The molecule has 1 aromatic rings. The minimum Gasteiger partial charge on any atom is -0.497 e. The summed E-state index contributed by atoms with van der Waals surface area (Å²) in [6.45, 7) is 2.33. The third-order valence-corrected chi connectivity index (χ3v) is 3.47. The van der Waals surface area contributed by atoms with E-state index in [0.29, 0.717) is 30.8 Å². The van der Waals surface area contributed by atoms with Crippen LogP contribution in [0.1, 0.15) is 18.4 Å². The summed E-state index contributed by atoms with van der Waals surface area (Å²) in [6.07, 6.45) is 1.22. The van der Waals surface area contributed by atoms with Crippen molar-refractivity contribution in [1.82, 2.24) is 4.90 Å². The zero-order valence-corrected chi connectivity index (χ0v) is 11.5. The van der Waals surface area contributed by atoms with Gasteiger partial charge in [-0.2, -0.15) is 0 Å². The molecule has 1 aliphatic rings. The lowest BCUT2D eigenvalue weighted by molar-refractivity contribution is -0.141. The van der Waals surface area contributed by atoms with Gasteiger partial charge in [0.05, 0.1) is 7.11 Å². The first-order valence-corrected chi connectivity index (χ1v) is 6.48. The molecule has 0 bridgehead atoms. The number of urea groups is 1. The number of aliphatic carboxylic acids is 1.